The Morgan fingerprint density at radius 2 is 1.41 bits per heavy atom. The number of ether oxygens (including phenoxy) is 2. The van der Waals surface area contributed by atoms with Gasteiger partial charge in [0.2, 0.25) is 5.95 Å². The third-order valence-corrected chi connectivity index (χ3v) is 9.53. The van der Waals surface area contributed by atoms with Gasteiger partial charge in [-0.05, 0) is 39.4 Å². The zero-order chi connectivity index (χ0) is 34.8. The highest BCUT2D eigenvalue weighted by atomic mass is 16.7. The van der Waals surface area contributed by atoms with Gasteiger partial charge in [0.25, 0.3) is 0 Å². The molecule has 10 nitrogen and oxygen atoms in total. The predicted octanol–water partition coefficient (Wildman–Crippen LogP) is 6.00. The number of anilines is 1. The van der Waals surface area contributed by atoms with E-state index in [0.717, 1.165) is 84.0 Å². The van der Waals surface area contributed by atoms with E-state index in [4.69, 9.17) is 9.47 Å². The van der Waals surface area contributed by atoms with Crippen LogP contribution in [0.5, 0.6) is 0 Å². The summed E-state index contributed by atoms with van der Waals surface area (Å²) in [5, 5.41) is 15.5. The number of hydrogen-bond acceptors (Lipinski definition) is 8. The van der Waals surface area contributed by atoms with Crippen molar-refractivity contribution in [1.29, 1.82) is 0 Å². The Labute approximate surface area is 299 Å². The van der Waals surface area contributed by atoms with Crippen LogP contribution in [0.2, 0.25) is 0 Å². The second kappa shape index (κ2) is 16.7. The number of nitrogens with one attached hydrogen (secondary N) is 2. The first kappa shape index (κ1) is 34.3. The van der Waals surface area contributed by atoms with Gasteiger partial charge in [-0.3, -0.25) is 4.90 Å². The highest BCUT2D eigenvalue weighted by Gasteiger charge is 2.34. The average Bonchev–Trinajstić information content (AvgIpc) is 3.20. The molecule has 10 heteroatoms. The molecule has 0 unspecified atom stereocenters. The highest BCUT2D eigenvalue weighted by molar-refractivity contribution is 5.75. The van der Waals surface area contributed by atoms with E-state index in [1.54, 1.807) is 12.4 Å². The van der Waals surface area contributed by atoms with E-state index in [1.165, 1.54) is 0 Å². The zero-order valence-corrected chi connectivity index (χ0v) is 28.6. The molecule has 3 heterocycles. The molecule has 7 rings (SSSR count). The second-order valence-corrected chi connectivity index (χ2v) is 13.0. The fourth-order valence-corrected chi connectivity index (χ4v) is 6.70. The number of piperazine rings is 1. The van der Waals surface area contributed by atoms with Crippen molar-refractivity contribution in [2.75, 3.05) is 37.6 Å². The quantitative estimate of drug-likeness (QED) is 0.155. The summed E-state index contributed by atoms with van der Waals surface area (Å²) in [6.45, 7) is 5.20. The number of amides is 2. The van der Waals surface area contributed by atoms with E-state index in [9.17, 15) is 9.90 Å². The molecule has 0 aliphatic carbocycles. The first-order chi connectivity index (χ1) is 25.1. The predicted molar refractivity (Wildman–Crippen MR) is 197 cm³/mol. The minimum absolute atomic E-state index is 0.00710. The topological polar surface area (TPSA) is 112 Å². The summed E-state index contributed by atoms with van der Waals surface area (Å²) < 4.78 is 13.3. The molecule has 5 aromatic rings. The molecule has 2 saturated heterocycles. The zero-order valence-electron chi connectivity index (χ0n) is 28.6. The summed E-state index contributed by atoms with van der Waals surface area (Å²) in [5.41, 5.74) is 7.06. The Hall–Kier alpha value is -5.13. The van der Waals surface area contributed by atoms with E-state index >= 15 is 0 Å². The van der Waals surface area contributed by atoms with Crippen LogP contribution in [0.3, 0.4) is 0 Å². The van der Waals surface area contributed by atoms with Crippen molar-refractivity contribution < 1.29 is 19.4 Å². The van der Waals surface area contributed by atoms with Crippen LogP contribution in [0, 0.1) is 0 Å². The minimum atomic E-state index is -0.537. The van der Waals surface area contributed by atoms with Crippen LogP contribution in [-0.2, 0) is 29.2 Å². The first-order valence-corrected chi connectivity index (χ1v) is 17.6. The van der Waals surface area contributed by atoms with Gasteiger partial charge in [-0.25, -0.2) is 14.8 Å². The van der Waals surface area contributed by atoms with E-state index in [2.05, 4.69) is 60.7 Å². The van der Waals surface area contributed by atoms with Gasteiger partial charge < -0.3 is 30.1 Å². The maximum atomic E-state index is 12.6. The normalized spacial score (nSPS) is 19.4. The van der Waals surface area contributed by atoms with Crippen molar-refractivity contribution in [3.05, 3.63) is 149 Å². The van der Waals surface area contributed by atoms with E-state index < -0.39 is 6.29 Å². The molecule has 3 N–H and O–H groups in total. The molecule has 4 aromatic carbocycles. The number of rotatable bonds is 11. The third kappa shape index (κ3) is 8.97. The number of carbonyl (C=O) groups excluding carboxylic acids is 1. The van der Waals surface area contributed by atoms with Crippen LogP contribution < -0.4 is 15.5 Å². The van der Waals surface area contributed by atoms with Gasteiger partial charge in [-0.1, -0.05) is 103 Å². The molecule has 0 radical (unpaired) electrons. The summed E-state index contributed by atoms with van der Waals surface area (Å²) in [5.74, 6) is 0.776. The number of nitrogens with zero attached hydrogens (tertiary/aromatic N) is 4. The third-order valence-electron chi connectivity index (χ3n) is 9.53. The molecule has 2 aliphatic rings. The Bertz CT molecular complexity index is 1830. The molecule has 262 valence electrons. The highest BCUT2D eigenvalue weighted by Crippen LogP contribution is 2.39. The Morgan fingerprint density at radius 3 is 2.16 bits per heavy atom. The molecular weight excluding hydrogens is 640 g/mol. The first-order valence-electron chi connectivity index (χ1n) is 17.6. The van der Waals surface area contributed by atoms with E-state index in [-0.39, 0.29) is 24.8 Å². The molecule has 0 saturated carbocycles. The standard InChI is InChI=1S/C41H44N6O4/c48-29-31-11-13-33(14-12-31)38-25-36(28-46-21-23-47(24-22-46)40-42-19-6-20-43-40)50-39(51-38)34-17-15-32(16-18-34)37-10-5-4-9-35(37)27-45-41(49)44-26-30-7-2-1-3-8-30/h1-20,36,38-39,48H,21-29H2,(H2,44,45,49)/t36-,38+,39+/m0/s1. The number of aliphatic hydroxyl groups excluding tert-OH is 1. The van der Waals surface area contributed by atoms with Crippen LogP contribution in [0.4, 0.5) is 10.7 Å². The number of urea groups is 1. The fraction of sp³-hybridized carbons (Fsp3) is 0.293. The van der Waals surface area contributed by atoms with Crippen molar-refractivity contribution in [1.82, 2.24) is 25.5 Å². The largest absolute Gasteiger partial charge is 0.392 e. The lowest BCUT2D eigenvalue weighted by atomic mass is 9.97. The number of carbonyl (C=O) groups is 1. The van der Waals surface area contributed by atoms with Crippen molar-refractivity contribution in [3.8, 4) is 11.1 Å². The Kier molecular flexibility index (Phi) is 11.3. The van der Waals surface area contributed by atoms with Crippen molar-refractivity contribution in [2.24, 2.45) is 0 Å². The van der Waals surface area contributed by atoms with Crippen LogP contribution in [0.1, 0.15) is 46.6 Å². The van der Waals surface area contributed by atoms with Crippen LogP contribution in [0.25, 0.3) is 11.1 Å². The summed E-state index contributed by atoms with van der Waals surface area (Å²) in [6, 6.07) is 35.9. The minimum Gasteiger partial charge on any atom is -0.392 e. The molecule has 2 aliphatic heterocycles. The number of hydrogen-bond donors (Lipinski definition) is 3. The molecule has 0 bridgehead atoms. The van der Waals surface area contributed by atoms with Gasteiger partial charge in [0, 0.05) is 70.2 Å². The Balaban J connectivity index is 1.02. The summed E-state index contributed by atoms with van der Waals surface area (Å²) in [7, 11) is 0. The number of aliphatic hydroxyl groups is 1. The fourth-order valence-electron chi connectivity index (χ4n) is 6.70. The van der Waals surface area contributed by atoms with Crippen LogP contribution in [0.15, 0.2) is 122 Å². The maximum absolute atomic E-state index is 12.6. The summed E-state index contributed by atoms with van der Waals surface area (Å²) >= 11 is 0. The smallest absolute Gasteiger partial charge is 0.315 e. The molecular formula is C41H44N6O4. The van der Waals surface area contributed by atoms with Crippen molar-refractivity contribution in [3.63, 3.8) is 0 Å². The summed E-state index contributed by atoms with van der Waals surface area (Å²) in [4.78, 5) is 26.1. The monoisotopic (exact) mass is 684 g/mol. The van der Waals surface area contributed by atoms with E-state index in [0.29, 0.717) is 13.1 Å². The lowest BCUT2D eigenvalue weighted by molar-refractivity contribution is -0.253. The van der Waals surface area contributed by atoms with Gasteiger partial charge in [0.1, 0.15) is 0 Å². The molecule has 51 heavy (non-hydrogen) atoms. The van der Waals surface area contributed by atoms with E-state index in [1.807, 2.05) is 78.9 Å². The molecule has 2 fully saturated rings. The van der Waals surface area contributed by atoms with Gasteiger partial charge in [0.05, 0.1) is 18.8 Å². The molecule has 1 aromatic heterocycles. The lowest BCUT2D eigenvalue weighted by Crippen LogP contribution is -2.50. The van der Waals surface area contributed by atoms with Crippen LogP contribution in [-0.4, -0.2) is 64.8 Å². The lowest BCUT2D eigenvalue weighted by Gasteiger charge is -2.40. The molecule has 0 spiro atoms. The summed E-state index contributed by atoms with van der Waals surface area (Å²) in [6.07, 6.45) is 3.58. The van der Waals surface area contributed by atoms with Gasteiger partial charge in [0.15, 0.2) is 6.29 Å². The maximum Gasteiger partial charge on any atom is 0.315 e. The molecule has 3 atom stereocenters. The average molecular weight is 685 g/mol. The SMILES string of the molecule is O=C(NCc1ccccc1)NCc1ccccc1-c1ccc([C@@H]2O[C@H](CN3CCN(c4ncccn4)CC3)C[C@H](c3ccc(CO)cc3)O2)cc1. The van der Waals surface area contributed by atoms with Crippen LogP contribution >= 0.6 is 0 Å². The van der Waals surface area contributed by atoms with Crippen molar-refractivity contribution >= 4 is 12.0 Å². The second-order valence-electron chi connectivity index (χ2n) is 13.0. The van der Waals surface area contributed by atoms with Gasteiger partial charge in [-0.15, -0.1) is 0 Å². The molecule has 2 amide bonds. The number of benzene rings is 4. The number of aromatic nitrogens is 2. The van der Waals surface area contributed by atoms with Gasteiger partial charge in [-0.2, -0.15) is 0 Å². The van der Waals surface area contributed by atoms with Gasteiger partial charge >= 0.3 is 6.03 Å². The Morgan fingerprint density at radius 1 is 0.725 bits per heavy atom. The van der Waals surface area contributed by atoms with Crippen molar-refractivity contribution in [2.45, 2.75) is 44.6 Å².